The molecule has 0 fully saturated rings. The summed E-state index contributed by atoms with van der Waals surface area (Å²) in [6, 6.07) is 7.72. The number of benzene rings is 1. The van der Waals surface area contributed by atoms with Gasteiger partial charge in [0.15, 0.2) is 11.5 Å². The molecule has 1 aromatic carbocycles. The maximum absolute atomic E-state index is 5.64. The predicted octanol–water partition coefficient (Wildman–Crippen LogP) is 4.85. The van der Waals surface area contributed by atoms with E-state index in [9.17, 15) is 0 Å². The molecule has 1 aromatic heterocycles. The van der Waals surface area contributed by atoms with Gasteiger partial charge in [-0.3, -0.25) is 0 Å². The third kappa shape index (κ3) is 2.98. The number of halogens is 2. The minimum Gasteiger partial charge on any atom is -0.493 e. The topological polar surface area (TPSA) is 31.6 Å². The van der Waals surface area contributed by atoms with Crippen molar-refractivity contribution in [1.82, 2.24) is 0 Å². The predicted molar refractivity (Wildman–Crippen MR) is 81.5 cm³/mol. The Morgan fingerprint density at radius 3 is 2.26 bits per heavy atom. The Kier molecular flexibility index (Phi) is 4.58. The Balaban J connectivity index is 2.44. The number of rotatable bonds is 4. The van der Waals surface area contributed by atoms with Gasteiger partial charge in [-0.05, 0) is 36.8 Å². The van der Waals surface area contributed by atoms with Gasteiger partial charge in [-0.2, -0.15) is 0 Å². The van der Waals surface area contributed by atoms with Crippen molar-refractivity contribution in [1.29, 1.82) is 0 Å². The highest BCUT2D eigenvalue weighted by Crippen LogP contribution is 2.41. The second-order valence-electron chi connectivity index (χ2n) is 4.04. The van der Waals surface area contributed by atoms with E-state index in [0.29, 0.717) is 11.5 Å². The summed E-state index contributed by atoms with van der Waals surface area (Å²) in [7, 11) is 3.24. The quantitative estimate of drug-likeness (QED) is 0.700. The van der Waals surface area contributed by atoms with Crippen LogP contribution in [0.15, 0.2) is 33.2 Å². The molecule has 0 aliphatic carbocycles. The molecule has 2 aromatic rings. The molecule has 0 radical (unpaired) electrons. The first-order valence-corrected chi connectivity index (χ1v) is 7.39. The van der Waals surface area contributed by atoms with E-state index in [1.807, 2.05) is 31.2 Å². The highest BCUT2D eigenvalue weighted by Gasteiger charge is 2.19. The minimum absolute atomic E-state index is 0.0459. The van der Waals surface area contributed by atoms with Gasteiger partial charge in [-0.25, -0.2) is 0 Å². The molecule has 0 bridgehead atoms. The first kappa shape index (κ1) is 14.5. The van der Waals surface area contributed by atoms with Crippen LogP contribution < -0.4 is 9.47 Å². The van der Waals surface area contributed by atoms with Crippen molar-refractivity contribution in [3.8, 4) is 11.5 Å². The van der Waals surface area contributed by atoms with Crippen LogP contribution in [0.5, 0.6) is 11.5 Å². The van der Waals surface area contributed by atoms with E-state index in [2.05, 4.69) is 31.9 Å². The van der Waals surface area contributed by atoms with Gasteiger partial charge in [-0.15, -0.1) is 0 Å². The van der Waals surface area contributed by atoms with Crippen molar-refractivity contribution in [2.75, 3.05) is 14.2 Å². The van der Waals surface area contributed by atoms with Gasteiger partial charge in [0.25, 0.3) is 0 Å². The Morgan fingerprint density at radius 2 is 1.74 bits per heavy atom. The molecule has 0 N–H and O–H groups in total. The zero-order chi connectivity index (χ0) is 14.0. The summed E-state index contributed by atoms with van der Waals surface area (Å²) in [5.74, 6) is 3.11. The van der Waals surface area contributed by atoms with E-state index < -0.39 is 0 Å². The lowest BCUT2D eigenvalue weighted by atomic mass is 10.1. The molecule has 0 amide bonds. The Bertz CT molecular complexity index is 578. The van der Waals surface area contributed by atoms with Crippen LogP contribution in [-0.2, 0) is 0 Å². The average molecular weight is 390 g/mol. The number of hydrogen-bond acceptors (Lipinski definition) is 3. The zero-order valence-electron chi connectivity index (χ0n) is 10.9. The molecule has 19 heavy (non-hydrogen) atoms. The van der Waals surface area contributed by atoms with Crippen molar-refractivity contribution >= 4 is 31.9 Å². The summed E-state index contributed by atoms with van der Waals surface area (Å²) in [6.07, 6.45) is 0. The summed E-state index contributed by atoms with van der Waals surface area (Å²) in [4.78, 5) is -0.0459. The van der Waals surface area contributed by atoms with Gasteiger partial charge in [0, 0.05) is 4.47 Å². The Labute approximate surface area is 129 Å². The number of furan rings is 1. The van der Waals surface area contributed by atoms with E-state index in [4.69, 9.17) is 13.9 Å². The van der Waals surface area contributed by atoms with Crippen LogP contribution in [0.3, 0.4) is 0 Å². The summed E-state index contributed by atoms with van der Waals surface area (Å²) in [5.41, 5.74) is 1.02. The molecule has 3 nitrogen and oxygen atoms in total. The number of aryl methyl sites for hydroxylation is 1. The number of hydrogen-bond donors (Lipinski definition) is 0. The molecule has 0 saturated carbocycles. The van der Waals surface area contributed by atoms with Crippen LogP contribution in [-0.4, -0.2) is 14.2 Å². The molecule has 0 saturated heterocycles. The van der Waals surface area contributed by atoms with Gasteiger partial charge in [0.1, 0.15) is 11.5 Å². The largest absolute Gasteiger partial charge is 0.493 e. The lowest BCUT2D eigenvalue weighted by Gasteiger charge is -2.14. The van der Waals surface area contributed by atoms with E-state index in [0.717, 1.165) is 21.6 Å². The summed E-state index contributed by atoms with van der Waals surface area (Å²) in [6.45, 7) is 1.92. The van der Waals surface area contributed by atoms with Gasteiger partial charge < -0.3 is 13.9 Å². The molecule has 1 atom stereocenters. The monoisotopic (exact) mass is 388 g/mol. The van der Waals surface area contributed by atoms with Crippen molar-refractivity contribution in [3.05, 3.63) is 45.8 Å². The first-order chi connectivity index (χ1) is 9.06. The molecule has 0 aliphatic rings. The maximum atomic E-state index is 5.64. The molecule has 1 unspecified atom stereocenters. The molecule has 102 valence electrons. The molecular weight excluding hydrogens is 376 g/mol. The summed E-state index contributed by atoms with van der Waals surface area (Å²) >= 11 is 7.20. The summed E-state index contributed by atoms with van der Waals surface area (Å²) < 4.78 is 17.2. The van der Waals surface area contributed by atoms with Gasteiger partial charge in [0.05, 0.1) is 19.0 Å². The number of alkyl halides is 1. The van der Waals surface area contributed by atoms with Crippen LogP contribution in [0.4, 0.5) is 0 Å². The van der Waals surface area contributed by atoms with E-state index >= 15 is 0 Å². The first-order valence-electron chi connectivity index (χ1n) is 5.68. The van der Waals surface area contributed by atoms with E-state index in [1.165, 1.54) is 0 Å². The highest BCUT2D eigenvalue weighted by molar-refractivity contribution is 9.11. The van der Waals surface area contributed by atoms with Crippen molar-refractivity contribution < 1.29 is 13.9 Å². The van der Waals surface area contributed by atoms with E-state index in [1.54, 1.807) is 14.2 Å². The average Bonchev–Trinajstić information content (AvgIpc) is 2.84. The molecule has 5 heteroatoms. The van der Waals surface area contributed by atoms with Gasteiger partial charge >= 0.3 is 0 Å². The second kappa shape index (κ2) is 6.01. The van der Waals surface area contributed by atoms with Crippen LogP contribution in [0.1, 0.15) is 21.9 Å². The van der Waals surface area contributed by atoms with Crippen LogP contribution >= 0.6 is 31.9 Å². The molecular formula is C14H14Br2O3. The minimum atomic E-state index is -0.0459. The number of ether oxygens (including phenoxy) is 2. The Hall–Kier alpha value is -0.940. The normalized spacial score (nSPS) is 12.3. The fourth-order valence-electron chi connectivity index (χ4n) is 1.81. The fraction of sp³-hybridized carbons (Fsp3) is 0.286. The third-order valence-corrected chi connectivity index (χ3v) is 4.42. The molecule has 0 aliphatic heterocycles. The lowest BCUT2D eigenvalue weighted by molar-refractivity contribution is 0.354. The van der Waals surface area contributed by atoms with Crippen LogP contribution in [0.25, 0.3) is 0 Å². The third-order valence-electron chi connectivity index (χ3n) is 2.79. The van der Waals surface area contributed by atoms with Crippen LogP contribution in [0, 0.1) is 6.92 Å². The smallest absolute Gasteiger partial charge is 0.161 e. The second-order valence-corrected chi connectivity index (χ2v) is 5.81. The zero-order valence-corrected chi connectivity index (χ0v) is 14.0. The Morgan fingerprint density at radius 1 is 1.11 bits per heavy atom. The molecule has 1 heterocycles. The van der Waals surface area contributed by atoms with Gasteiger partial charge in [0.2, 0.25) is 0 Å². The number of methoxy groups -OCH3 is 2. The lowest BCUT2D eigenvalue weighted by Crippen LogP contribution is -1.97. The fourth-order valence-corrected chi connectivity index (χ4v) is 3.29. The summed E-state index contributed by atoms with van der Waals surface area (Å²) in [5, 5.41) is 0. The molecule has 0 spiro atoms. The van der Waals surface area contributed by atoms with E-state index in [-0.39, 0.29) is 4.83 Å². The SMILES string of the molecule is COc1cc(Br)c(C(Br)c2ccc(C)o2)cc1OC. The van der Waals surface area contributed by atoms with Crippen LogP contribution in [0.2, 0.25) is 0 Å². The maximum Gasteiger partial charge on any atom is 0.161 e. The highest BCUT2D eigenvalue weighted by atomic mass is 79.9. The molecule has 2 rings (SSSR count). The van der Waals surface area contributed by atoms with Crippen molar-refractivity contribution in [3.63, 3.8) is 0 Å². The standard InChI is InChI=1S/C14H14Br2O3/c1-8-4-5-11(19-8)14(16)9-6-12(17-2)13(18-3)7-10(9)15/h4-7,14H,1-3H3. The van der Waals surface area contributed by atoms with Gasteiger partial charge in [-0.1, -0.05) is 31.9 Å². The van der Waals surface area contributed by atoms with Crippen molar-refractivity contribution in [2.45, 2.75) is 11.8 Å². The van der Waals surface area contributed by atoms with Crippen molar-refractivity contribution in [2.24, 2.45) is 0 Å².